The van der Waals surface area contributed by atoms with Crippen molar-refractivity contribution in [3.8, 4) is 0 Å². The number of aliphatic hydroxyl groups excluding tert-OH is 1. The van der Waals surface area contributed by atoms with Crippen LogP contribution in [-0.2, 0) is 12.7 Å². The van der Waals surface area contributed by atoms with E-state index in [0.717, 1.165) is 0 Å². The molecule has 0 saturated heterocycles. The van der Waals surface area contributed by atoms with E-state index >= 15 is 0 Å². The molecule has 0 unspecified atom stereocenters. The van der Waals surface area contributed by atoms with Gasteiger partial charge in [0.2, 0.25) is 0 Å². The van der Waals surface area contributed by atoms with Gasteiger partial charge in [0.1, 0.15) is 5.82 Å². The minimum Gasteiger partial charge on any atom is -0.392 e. The molecule has 0 aliphatic heterocycles. The molecule has 0 radical (unpaired) electrons. The molecular weight excluding hydrogens is 255 g/mol. The SMILES string of the molecule is C[C@H](O)CNC(=O)NCc1nc(C(F)(F)F)n[nH]1. The van der Waals surface area contributed by atoms with Gasteiger partial charge in [0.05, 0.1) is 12.6 Å². The van der Waals surface area contributed by atoms with Crippen LogP contribution in [0.1, 0.15) is 18.6 Å². The van der Waals surface area contributed by atoms with E-state index in [4.69, 9.17) is 5.11 Å². The summed E-state index contributed by atoms with van der Waals surface area (Å²) in [7, 11) is 0. The second kappa shape index (κ2) is 5.67. The fourth-order valence-electron chi connectivity index (χ4n) is 0.968. The predicted molar refractivity (Wildman–Crippen MR) is 53.3 cm³/mol. The summed E-state index contributed by atoms with van der Waals surface area (Å²) in [5.74, 6) is -1.40. The second-order valence-electron chi connectivity index (χ2n) is 3.52. The number of H-pyrrole nitrogens is 1. The normalized spacial score (nSPS) is 13.2. The smallest absolute Gasteiger partial charge is 0.392 e. The van der Waals surface area contributed by atoms with Crippen molar-refractivity contribution in [1.82, 2.24) is 25.8 Å². The first kappa shape index (κ1) is 14.2. The summed E-state index contributed by atoms with van der Waals surface area (Å²) >= 11 is 0. The summed E-state index contributed by atoms with van der Waals surface area (Å²) in [5, 5.41) is 18.5. The zero-order valence-electron chi connectivity index (χ0n) is 9.38. The average molecular weight is 267 g/mol. The van der Waals surface area contributed by atoms with Gasteiger partial charge >= 0.3 is 12.2 Å². The van der Waals surface area contributed by atoms with Crippen LogP contribution < -0.4 is 10.6 Å². The predicted octanol–water partition coefficient (Wildman–Crippen LogP) is 0.00350. The van der Waals surface area contributed by atoms with Crippen LogP contribution in [0.4, 0.5) is 18.0 Å². The van der Waals surface area contributed by atoms with Gasteiger partial charge in [0, 0.05) is 6.54 Å². The van der Waals surface area contributed by atoms with E-state index in [1.807, 2.05) is 0 Å². The van der Waals surface area contributed by atoms with Crippen LogP contribution in [0.15, 0.2) is 0 Å². The number of carbonyl (C=O) groups is 1. The lowest BCUT2D eigenvalue weighted by atomic mass is 10.4. The molecule has 1 rings (SSSR count). The van der Waals surface area contributed by atoms with E-state index in [2.05, 4.69) is 25.8 Å². The third kappa shape index (κ3) is 4.57. The first-order valence-corrected chi connectivity index (χ1v) is 4.97. The highest BCUT2D eigenvalue weighted by atomic mass is 19.4. The Morgan fingerprint density at radius 3 is 2.67 bits per heavy atom. The number of amides is 2. The van der Waals surface area contributed by atoms with Gasteiger partial charge in [-0.15, -0.1) is 5.10 Å². The van der Waals surface area contributed by atoms with E-state index in [9.17, 15) is 18.0 Å². The van der Waals surface area contributed by atoms with Crippen molar-refractivity contribution < 1.29 is 23.1 Å². The second-order valence-corrected chi connectivity index (χ2v) is 3.52. The number of carbonyl (C=O) groups excluding carboxylic acids is 1. The lowest BCUT2D eigenvalue weighted by molar-refractivity contribution is -0.144. The zero-order valence-corrected chi connectivity index (χ0v) is 9.38. The molecule has 0 fully saturated rings. The minimum atomic E-state index is -4.62. The van der Waals surface area contributed by atoms with Gasteiger partial charge in [-0.3, -0.25) is 5.10 Å². The van der Waals surface area contributed by atoms with Crippen LogP contribution in [0, 0.1) is 0 Å². The zero-order chi connectivity index (χ0) is 13.8. The third-order valence-electron chi connectivity index (χ3n) is 1.76. The highest BCUT2D eigenvalue weighted by Gasteiger charge is 2.35. The quantitative estimate of drug-likeness (QED) is 0.616. The van der Waals surface area contributed by atoms with Crippen molar-refractivity contribution in [3.63, 3.8) is 0 Å². The topological polar surface area (TPSA) is 103 Å². The van der Waals surface area contributed by atoms with Crippen molar-refractivity contribution in [3.05, 3.63) is 11.6 Å². The monoisotopic (exact) mass is 267 g/mol. The first-order valence-electron chi connectivity index (χ1n) is 4.97. The standard InChI is InChI=1S/C8H12F3N5O2/c1-4(17)2-12-7(18)13-3-5-14-6(16-15-5)8(9,10)11/h4,17H,2-3H2,1H3,(H2,12,13,18)(H,14,15,16)/t4-/m0/s1. The summed E-state index contributed by atoms with van der Waals surface area (Å²) in [6, 6.07) is -0.624. The van der Waals surface area contributed by atoms with Gasteiger partial charge in [0.25, 0.3) is 5.82 Å². The molecule has 0 bridgehead atoms. The molecule has 1 aromatic heterocycles. The van der Waals surface area contributed by atoms with Gasteiger partial charge in [-0.1, -0.05) is 0 Å². The summed E-state index contributed by atoms with van der Waals surface area (Å²) < 4.78 is 36.4. The number of urea groups is 1. The van der Waals surface area contributed by atoms with E-state index in [0.29, 0.717) is 0 Å². The van der Waals surface area contributed by atoms with Crippen LogP contribution in [0.3, 0.4) is 0 Å². The summed E-state index contributed by atoms with van der Waals surface area (Å²) in [5.41, 5.74) is 0. The Bertz CT molecular complexity index is 404. The molecule has 1 atom stereocenters. The molecule has 10 heteroatoms. The number of hydrogen-bond acceptors (Lipinski definition) is 4. The Balaban J connectivity index is 2.40. The van der Waals surface area contributed by atoms with Crippen LogP contribution in [0.2, 0.25) is 0 Å². The van der Waals surface area contributed by atoms with Gasteiger partial charge < -0.3 is 15.7 Å². The number of nitrogens with one attached hydrogen (secondary N) is 3. The average Bonchev–Trinajstić information content (AvgIpc) is 2.71. The van der Waals surface area contributed by atoms with Gasteiger partial charge in [-0.2, -0.15) is 13.2 Å². The highest BCUT2D eigenvalue weighted by molar-refractivity contribution is 5.73. The highest BCUT2D eigenvalue weighted by Crippen LogP contribution is 2.25. The molecule has 0 aliphatic carbocycles. The number of nitrogens with zero attached hydrogens (tertiary/aromatic N) is 2. The van der Waals surface area contributed by atoms with E-state index < -0.39 is 24.1 Å². The Hall–Kier alpha value is -1.84. The summed E-state index contributed by atoms with van der Waals surface area (Å²) in [6.07, 6.45) is -5.33. The van der Waals surface area contributed by atoms with E-state index in [-0.39, 0.29) is 18.9 Å². The molecule has 1 aromatic rings. The van der Waals surface area contributed by atoms with E-state index in [1.54, 1.807) is 0 Å². The number of aromatic nitrogens is 3. The molecular formula is C8H12F3N5O2. The molecule has 0 spiro atoms. The Kier molecular flexibility index (Phi) is 4.48. The van der Waals surface area contributed by atoms with Crippen LogP contribution in [0.25, 0.3) is 0 Å². The molecule has 0 aliphatic rings. The molecule has 18 heavy (non-hydrogen) atoms. The fourth-order valence-corrected chi connectivity index (χ4v) is 0.968. The van der Waals surface area contributed by atoms with Crippen molar-refractivity contribution in [2.45, 2.75) is 25.7 Å². The van der Waals surface area contributed by atoms with Crippen molar-refractivity contribution in [2.24, 2.45) is 0 Å². The third-order valence-corrected chi connectivity index (χ3v) is 1.76. The molecule has 4 N–H and O–H groups in total. The maximum absolute atomic E-state index is 12.1. The Labute approximate surface area is 99.8 Å². The van der Waals surface area contributed by atoms with Crippen LogP contribution in [-0.4, -0.2) is 39.0 Å². The molecule has 0 aromatic carbocycles. The molecule has 1 heterocycles. The summed E-state index contributed by atoms with van der Waals surface area (Å²) in [6.45, 7) is 1.29. The van der Waals surface area contributed by atoms with Crippen LogP contribution >= 0.6 is 0 Å². The Morgan fingerprint density at radius 2 is 2.17 bits per heavy atom. The maximum Gasteiger partial charge on any atom is 0.453 e. The number of aliphatic hydroxyl groups is 1. The lowest BCUT2D eigenvalue weighted by Crippen LogP contribution is -2.38. The van der Waals surface area contributed by atoms with Gasteiger partial charge in [0.15, 0.2) is 0 Å². The fraction of sp³-hybridized carbons (Fsp3) is 0.625. The number of aromatic amines is 1. The Morgan fingerprint density at radius 1 is 1.50 bits per heavy atom. The van der Waals surface area contributed by atoms with Crippen molar-refractivity contribution in [1.29, 1.82) is 0 Å². The number of hydrogen-bond donors (Lipinski definition) is 4. The minimum absolute atomic E-state index is 0.0377. The molecule has 0 saturated carbocycles. The molecule has 2 amide bonds. The number of alkyl halides is 3. The van der Waals surface area contributed by atoms with Gasteiger partial charge in [-0.25, -0.2) is 9.78 Å². The lowest BCUT2D eigenvalue weighted by Gasteiger charge is -2.07. The van der Waals surface area contributed by atoms with Crippen LogP contribution in [0.5, 0.6) is 0 Å². The largest absolute Gasteiger partial charge is 0.453 e. The summed E-state index contributed by atoms with van der Waals surface area (Å²) in [4.78, 5) is 14.3. The van der Waals surface area contributed by atoms with E-state index in [1.165, 1.54) is 6.92 Å². The van der Waals surface area contributed by atoms with Gasteiger partial charge in [-0.05, 0) is 6.92 Å². The first-order chi connectivity index (χ1) is 8.29. The molecule has 102 valence electrons. The van der Waals surface area contributed by atoms with Crippen molar-refractivity contribution in [2.75, 3.05) is 6.54 Å². The van der Waals surface area contributed by atoms with Crippen molar-refractivity contribution >= 4 is 6.03 Å². The molecule has 7 nitrogen and oxygen atoms in total. The maximum atomic E-state index is 12.1. The number of halogens is 3. The number of rotatable bonds is 4.